The molecule has 0 radical (unpaired) electrons. The van der Waals surface area contributed by atoms with Gasteiger partial charge in [-0.1, -0.05) is 156 Å². The van der Waals surface area contributed by atoms with E-state index in [0.29, 0.717) is 48.2 Å². The summed E-state index contributed by atoms with van der Waals surface area (Å²) in [4.78, 5) is 154. The molecule has 3 amide bonds. The first-order valence-electron chi connectivity index (χ1n) is 42.5. The number of aliphatic hydroxyl groups excluding tert-OH is 3. The number of hydrogen-bond donors (Lipinski definition) is 10. The fraction of sp³-hybridized carbons (Fsp3) is 0.574. The number of nitrogens with one attached hydrogen (secondary N) is 5. The van der Waals surface area contributed by atoms with Gasteiger partial charge in [0.05, 0.1) is 66.6 Å². The lowest BCUT2D eigenvalue weighted by atomic mass is 9.89. The lowest BCUT2D eigenvalue weighted by Gasteiger charge is -2.33. The number of likely N-dealkylation sites (tertiary alicyclic amines) is 1. The van der Waals surface area contributed by atoms with E-state index in [9.17, 15) is 24.9 Å². The van der Waals surface area contributed by atoms with Crippen molar-refractivity contribution in [2.45, 2.75) is 297 Å². The lowest BCUT2D eigenvalue weighted by Crippen LogP contribution is -2.53. The molecule has 5 aromatic carbocycles. The van der Waals surface area contributed by atoms with Gasteiger partial charge in [-0.05, 0) is 199 Å². The summed E-state index contributed by atoms with van der Waals surface area (Å²) in [6.07, 6.45) is -8.16. The second-order valence-electron chi connectivity index (χ2n) is 36.9. The molecule has 14 atom stereocenters. The highest BCUT2D eigenvalue weighted by Crippen LogP contribution is 2.34. The van der Waals surface area contributed by atoms with Crippen molar-refractivity contribution < 1.29 is 82.2 Å². The minimum Gasteiger partial charge on any atom is -0.488 e. The SMILES string of the molecule is Cc1ccc(C[C@@H]2NC(=O)[C@H](Cc3ccc(OC(C)(C)C)cc3)CC(=O)[C@H](CC(=O)OC(C)(C)C)NC(=O)[C@@H](CC(=O)[C@@H]3CCCN3[C@H](O)[C@@H](N)CC(C)C)CSSC[C@@H](C(=O)N[C@@H](Cc3ccc(-c4ccccc4)cc3)C(=O)C[C@@H](CC(=O)OC(C)(C)C)[C@@H](O)NCc3cccc(CN)c3)CC(=O)[C@H](C(C)OC(C)(C)C)N[C@H](O)CCC2=O)cc1. The minimum atomic E-state index is -1.67. The highest BCUT2D eigenvalue weighted by Gasteiger charge is 2.42. The zero-order valence-corrected chi connectivity index (χ0v) is 75.3. The van der Waals surface area contributed by atoms with Gasteiger partial charge in [-0.3, -0.25) is 63.5 Å². The fourth-order valence-corrected chi connectivity index (χ4v) is 17.6. The summed E-state index contributed by atoms with van der Waals surface area (Å²) in [5.74, 6) is -11.6. The maximum Gasteiger partial charge on any atom is 0.308 e. The molecule has 12 N–H and O–H groups in total. The molecule has 27 heteroatoms. The van der Waals surface area contributed by atoms with E-state index in [1.54, 1.807) is 98.4 Å². The molecular weight excluding hydrogens is 1580 g/mol. The number of esters is 2. The number of carbonyl (C=O) groups excluding carboxylic acids is 10. The predicted molar refractivity (Wildman–Crippen MR) is 473 cm³/mol. The molecule has 0 spiro atoms. The van der Waals surface area contributed by atoms with Crippen LogP contribution in [0.3, 0.4) is 0 Å². The number of nitrogens with two attached hydrogens (primary N) is 2. The van der Waals surface area contributed by atoms with Crippen LogP contribution < -0.4 is 42.8 Å². The van der Waals surface area contributed by atoms with Gasteiger partial charge in [-0.2, -0.15) is 0 Å². The molecule has 2 aliphatic heterocycles. The van der Waals surface area contributed by atoms with E-state index in [2.05, 4.69) is 26.6 Å². The van der Waals surface area contributed by atoms with E-state index in [1.807, 2.05) is 145 Å². The fourth-order valence-electron chi connectivity index (χ4n) is 15.0. The quantitative estimate of drug-likeness (QED) is 0.0112. The Morgan fingerprint density at radius 1 is 0.620 bits per heavy atom. The number of amides is 3. The molecule has 7 rings (SSSR count). The molecule has 1 unspecified atom stereocenters. The van der Waals surface area contributed by atoms with E-state index in [1.165, 1.54) is 0 Å². The van der Waals surface area contributed by atoms with Crippen molar-refractivity contribution in [3.05, 3.63) is 161 Å². The number of benzene rings is 5. The van der Waals surface area contributed by atoms with Crippen molar-refractivity contribution in [3.8, 4) is 16.9 Å². The Morgan fingerprint density at radius 2 is 1.21 bits per heavy atom. The molecule has 0 saturated carbocycles. The first-order chi connectivity index (χ1) is 56.8. The third-order valence-electron chi connectivity index (χ3n) is 20.9. The Hall–Kier alpha value is -8.06. The molecule has 2 aliphatic rings. The summed E-state index contributed by atoms with van der Waals surface area (Å²) in [6.45, 7) is 29.2. The van der Waals surface area contributed by atoms with Crippen LogP contribution >= 0.6 is 21.6 Å². The van der Waals surface area contributed by atoms with E-state index in [-0.39, 0.29) is 62.6 Å². The largest absolute Gasteiger partial charge is 0.488 e. The number of aryl methyl sites for hydroxylation is 1. The molecule has 25 nitrogen and oxygen atoms in total. The molecule has 121 heavy (non-hydrogen) atoms. The summed E-state index contributed by atoms with van der Waals surface area (Å²) < 4.78 is 24.2. The zero-order chi connectivity index (χ0) is 89.3. The van der Waals surface area contributed by atoms with E-state index in [0.717, 1.165) is 49.4 Å². The van der Waals surface area contributed by atoms with Crippen LogP contribution in [0.2, 0.25) is 0 Å². The van der Waals surface area contributed by atoms with Gasteiger partial charge in [0.25, 0.3) is 0 Å². The molecule has 2 heterocycles. The normalized spacial score (nSPS) is 21.8. The van der Waals surface area contributed by atoms with E-state index < -0.39 is 204 Å². The van der Waals surface area contributed by atoms with Gasteiger partial charge >= 0.3 is 11.9 Å². The van der Waals surface area contributed by atoms with Crippen molar-refractivity contribution in [1.29, 1.82) is 0 Å². The van der Waals surface area contributed by atoms with Crippen molar-refractivity contribution in [3.63, 3.8) is 0 Å². The van der Waals surface area contributed by atoms with Crippen LogP contribution in [0.25, 0.3) is 11.1 Å². The molecule has 2 fully saturated rings. The molecule has 2 saturated heterocycles. The number of hydrogen-bond acceptors (Lipinski definition) is 24. The topological polar surface area (TPSA) is 384 Å². The number of aliphatic hydroxyl groups is 3. The van der Waals surface area contributed by atoms with E-state index >= 15 is 38.4 Å². The first kappa shape index (κ1) is 100. The Morgan fingerprint density at radius 3 is 1.84 bits per heavy atom. The molecule has 5 aromatic rings. The van der Waals surface area contributed by atoms with Crippen molar-refractivity contribution in [2.24, 2.45) is 41.1 Å². The summed E-state index contributed by atoms with van der Waals surface area (Å²) in [5.41, 5.74) is 15.3. The lowest BCUT2D eigenvalue weighted by molar-refractivity contribution is -0.158. The zero-order valence-electron chi connectivity index (χ0n) is 73.7. The molecule has 664 valence electrons. The molecular formula is C94H134N8O17S2. The molecule has 0 bridgehead atoms. The van der Waals surface area contributed by atoms with Crippen LogP contribution in [0.15, 0.2) is 127 Å². The summed E-state index contributed by atoms with van der Waals surface area (Å²) in [5, 5.41) is 51.0. The standard InChI is InChI=1S/C94H134N8O17S2/c1-57(2)42-72(96)90(115)102-41-21-26-76(102)80(106)49-69-55-120-121-56-70(89(114)99-74(46-62-31-35-66(36-32-62)65-24-18-17-19-25-65)78(104)48-68(51-83(109)118-93(11,12)13)86(111)97-54-64-23-20-22-63(43-64)53-95)50-81(107)85(59(4)116-91(5,6)7)101-82(108)40-39-77(103)73(45-61-29-27-58(3)28-30-61)98-87(112)67(44-60-33-37-71(38-34-60)117-92(8,9)10)47-79(105)75(100-88(69)113)52-84(110)119-94(14,15)16/h17-20,22-25,27-38,43,57,59,67-70,72-76,82,85-86,90,97,101,108,111,115H,21,26,39-42,44-56,95-96H2,1-16H3,(H,98,112)(H,99,114)(H,100,113)/t59?,67-,68+,69+,70+,72+,73+,74+,75+,76+,82-,85+,86-,90-/m1/s1. The highest BCUT2D eigenvalue weighted by atomic mass is 33.1. The van der Waals surface area contributed by atoms with Crippen LogP contribution in [-0.4, -0.2) is 180 Å². The number of ketones is 5. The third kappa shape index (κ3) is 34.9. The number of ether oxygens (including phenoxy) is 4. The van der Waals surface area contributed by atoms with Crippen LogP contribution in [0.4, 0.5) is 0 Å². The maximum atomic E-state index is 15.9. The van der Waals surface area contributed by atoms with Gasteiger partial charge in [0.1, 0.15) is 41.2 Å². The minimum absolute atomic E-state index is 0.0329. The number of rotatable bonds is 31. The number of Topliss-reactive ketones (excluding diaryl/α,β-unsaturated/α-hetero) is 5. The maximum absolute atomic E-state index is 15.9. The second-order valence-corrected chi connectivity index (χ2v) is 39.5. The van der Waals surface area contributed by atoms with Crippen LogP contribution in [-0.2, 0) is 94.5 Å². The summed E-state index contributed by atoms with van der Waals surface area (Å²) >= 11 is 0. The average Bonchev–Trinajstić information content (AvgIpc) is 1.65. The Kier molecular flexibility index (Phi) is 38.5. The van der Waals surface area contributed by atoms with Gasteiger partial charge in [0, 0.05) is 81.1 Å². The third-order valence-corrected chi connectivity index (χ3v) is 23.5. The van der Waals surface area contributed by atoms with Crippen molar-refractivity contribution >= 4 is 80.2 Å². The smallest absolute Gasteiger partial charge is 0.308 e. The van der Waals surface area contributed by atoms with Gasteiger partial charge in [0.2, 0.25) is 17.7 Å². The predicted octanol–water partition coefficient (Wildman–Crippen LogP) is 11.0. The Labute approximate surface area is 723 Å². The van der Waals surface area contributed by atoms with Gasteiger partial charge in [-0.15, -0.1) is 0 Å². The van der Waals surface area contributed by atoms with Crippen LogP contribution in [0.1, 0.15) is 208 Å². The van der Waals surface area contributed by atoms with Crippen LogP contribution in [0, 0.1) is 36.5 Å². The van der Waals surface area contributed by atoms with Gasteiger partial charge in [-0.25, -0.2) is 0 Å². The number of carbonyl (C=O) groups is 10. The average molecular weight is 1710 g/mol. The monoisotopic (exact) mass is 1710 g/mol. The van der Waals surface area contributed by atoms with Crippen molar-refractivity contribution in [1.82, 2.24) is 31.5 Å². The second kappa shape index (κ2) is 46.6. The van der Waals surface area contributed by atoms with E-state index in [4.69, 9.17) is 30.4 Å². The van der Waals surface area contributed by atoms with Crippen molar-refractivity contribution in [2.75, 3.05) is 18.1 Å². The Balaban J connectivity index is 1.36. The molecule has 0 aromatic heterocycles. The summed E-state index contributed by atoms with van der Waals surface area (Å²) in [7, 11) is 2.15. The van der Waals surface area contributed by atoms with Gasteiger partial charge < -0.3 is 61.7 Å². The highest BCUT2D eigenvalue weighted by molar-refractivity contribution is 8.76. The first-order valence-corrected chi connectivity index (χ1v) is 45.0. The number of nitrogens with zero attached hydrogens (tertiary/aromatic N) is 1. The molecule has 0 aliphatic carbocycles. The Bertz CT molecular complexity index is 4220. The summed E-state index contributed by atoms with van der Waals surface area (Å²) in [6, 6.07) is 31.5. The van der Waals surface area contributed by atoms with Gasteiger partial charge in [0.15, 0.2) is 28.9 Å². The van der Waals surface area contributed by atoms with Crippen LogP contribution in [0.5, 0.6) is 5.75 Å².